The molecule has 1 aliphatic rings. The van der Waals surface area contributed by atoms with Crippen LogP contribution in [-0.4, -0.2) is 28.5 Å². The molecule has 1 heterocycles. The van der Waals surface area contributed by atoms with Gasteiger partial charge in [0.1, 0.15) is 0 Å². The Labute approximate surface area is 70.8 Å². The van der Waals surface area contributed by atoms with Crippen LogP contribution in [-0.2, 0) is 0 Å². The molecule has 0 saturated carbocycles. The highest BCUT2D eigenvalue weighted by Gasteiger charge is 2.19. The van der Waals surface area contributed by atoms with Crippen LogP contribution < -0.4 is 5.73 Å². The van der Waals surface area contributed by atoms with Crippen molar-refractivity contribution in [1.82, 2.24) is 4.90 Å². The fourth-order valence-corrected chi connectivity index (χ4v) is 1.34. The van der Waals surface area contributed by atoms with Gasteiger partial charge in [0.2, 0.25) is 0 Å². The lowest BCUT2D eigenvalue weighted by Gasteiger charge is -2.17. The molecule has 0 aromatic rings. The highest BCUT2D eigenvalue weighted by atomic mass is 16.4. The predicted octanol–water partition coefficient (Wildman–Crippen LogP) is 0.729. The van der Waals surface area contributed by atoms with Crippen molar-refractivity contribution < 1.29 is 10.0 Å². The van der Waals surface area contributed by atoms with Crippen molar-refractivity contribution in [2.45, 2.75) is 25.7 Å². The molecule has 5 heteroatoms. The first kappa shape index (κ1) is 8.83. The smallest absolute Gasteiger partial charge is 0.320 e. The molecule has 0 atom stereocenters. The van der Waals surface area contributed by atoms with Crippen molar-refractivity contribution in [1.29, 1.82) is 0 Å². The van der Waals surface area contributed by atoms with Crippen LogP contribution in [0.5, 0.6) is 0 Å². The maximum Gasteiger partial charge on any atom is 0.320 e. The van der Waals surface area contributed by atoms with Crippen LogP contribution in [0.2, 0.25) is 0 Å². The molecule has 0 unspecified atom stereocenters. The summed E-state index contributed by atoms with van der Waals surface area (Å²) < 4.78 is 0. The third kappa shape index (κ3) is 1.87. The van der Waals surface area contributed by atoms with Crippen LogP contribution in [0.1, 0.15) is 25.7 Å². The van der Waals surface area contributed by atoms with Crippen LogP contribution in [0.4, 0.5) is 4.79 Å². The average molecular weight is 171 g/mol. The first-order valence-electron chi connectivity index (χ1n) is 4.03. The summed E-state index contributed by atoms with van der Waals surface area (Å²) in [6.07, 6.45) is 3.54. The quantitative estimate of drug-likeness (QED) is 0.416. The molecular weight excluding hydrogens is 158 g/mol. The standard InChI is InChI=1S/C7H13N3O2/c8-7(11)10-5-3-1-2-4-6(10)9-12/h12H,1-5H2,(H2,8,11)/b9-6+. The summed E-state index contributed by atoms with van der Waals surface area (Å²) in [5.74, 6) is 0.389. The number of oxime groups is 1. The number of nitrogens with two attached hydrogens (primary N) is 1. The van der Waals surface area contributed by atoms with E-state index in [9.17, 15) is 4.79 Å². The molecule has 5 nitrogen and oxygen atoms in total. The number of hydrogen-bond acceptors (Lipinski definition) is 3. The molecule has 0 aromatic carbocycles. The largest absolute Gasteiger partial charge is 0.409 e. The minimum Gasteiger partial charge on any atom is -0.409 e. The summed E-state index contributed by atoms with van der Waals surface area (Å²) in [6.45, 7) is 0.564. The van der Waals surface area contributed by atoms with Gasteiger partial charge in [-0.2, -0.15) is 0 Å². The molecule has 0 spiro atoms. The second-order valence-corrected chi connectivity index (χ2v) is 2.82. The number of amidine groups is 1. The lowest BCUT2D eigenvalue weighted by atomic mass is 10.2. The van der Waals surface area contributed by atoms with Gasteiger partial charge in [0, 0.05) is 13.0 Å². The maximum atomic E-state index is 10.8. The zero-order chi connectivity index (χ0) is 8.97. The summed E-state index contributed by atoms with van der Waals surface area (Å²) in [6, 6.07) is -0.537. The van der Waals surface area contributed by atoms with Gasteiger partial charge in [-0.15, -0.1) is 0 Å². The van der Waals surface area contributed by atoms with E-state index < -0.39 is 6.03 Å². The Morgan fingerprint density at radius 3 is 2.83 bits per heavy atom. The van der Waals surface area contributed by atoms with Crippen LogP contribution in [0.25, 0.3) is 0 Å². The molecule has 0 radical (unpaired) electrons. The zero-order valence-electron chi connectivity index (χ0n) is 6.86. The molecule has 1 aliphatic heterocycles. The lowest BCUT2D eigenvalue weighted by Crippen LogP contribution is -2.40. The van der Waals surface area contributed by atoms with E-state index in [2.05, 4.69) is 5.16 Å². The molecule has 1 fully saturated rings. The van der Waals surface area contributed by atoms with Crippen molar-refractivity contribution in [2.75, 3.05) is 6.54 Å². The lowest BCUT2D eigenvalue weighted by molar-refractivity contribution is 0.226. The van der Waals surface area contributed by atoms with Crippen LogP contribution in [0.15, 0.2) is 5.16 Å². The van der Waals surface area contributed by atoms with Crippen LogP contribution in [0, 0.1) is 0 Å². The third-order valence-corrected chi connectivity index (χ3v) is 1.98. The van der Waals surface area contributed by atoms with Crippen molar-refractivity contribution in [3.63, 3.8) is 0 Å². The molecule has 1 saturated heterocycles. The number of carbonyl (C=O) groups excluding carboxylic acids is 1. The van der Waals surface area contributed by atoms with Gasteiger partial charge in [0.05, 0.1) is 0 Å². The highest BCUT2D eigenvalue weighted by molar-refractivity contribution is 5.96. The molecule has 68 valence electrons. The van der Waals surface area contributed by atoms with E-state index in [1.54, 1.807) is 0 Å². The van der Waals surface area contributed by atoms with Gasteiger partial charge in [-0.1, -0.05) is 11.6 Å². The normalized spacial score (nSPS) is 22.3. The number of carbonyl (C=O) groups is 1. The first-order valence-corrected chi connectivity index (χ1v) is 4.03. The Hall–Kier alpha value is -1.26. The van der Waals surface area contributed by atoms with Crippen LogP contribution in [0.3, 0.4) is 0 Å². The maximum absolute atomic E-state index is 10.8. The Morgan fingerprint density at radius 2 is 2.25 bits per heavy atom. The summed E-state index contributed by atoms with van der Waals surface area (Å²) in [4.78, 5) is 12.2. The zero-order valence-corrected chi connectivity index (χ0v) is 6.86. The Kier molecular flexibility index (Phi) is 2.90. The topological polar surface area (TPSA) is 78.9 Å². The minimum absolute atomic E-state index is 0.389. The van der Waals surface area contributed by atoms with Gasteiger partial charge in [-0.25, -0.2) is 4.79 Å². The molecule has 0 aliphatic carbocycles. The number of urea groups is 1. The number of amides is 2. The van der Waals surface area contributed by atoms with Crippen molar-refractivity contribution in [3.05, 3.63) is 0 Å². The van der Waals surface area contributed by atoms with E-state index in [-0.39, 0.29) is 0 Å². The number of likely N-dealkylation sites (tertiary alicyclic amines) is 1. The van der Waals surface area contributed by atoms with Crippen LogP contribution >= 0.6 is 0 Å². The fourth-order valence-electron chi connectivity index (χ4n) is 1.34. The Bertz CT molecular complexity index is 203. The van der Waals surface area contributed by atoms with E-state index in [1.807, 2.05) is 0 Å². The average Bonchev–Trinajstić information content (AvgIpc) is 2.27. The van der Waals surface area contributed by atoms with Gasteiger partial charge < -0.3 is 10.9 Å². The van der Waals surface area contributed by atoms with Gasteiger partial charge >= 0.3 is 6.03 Å². The third-order valence-electron chi connectivity index (χ3n) is 1.98. The number of nitrogens with zero attached hydrogens (tertiary/aromatic N) is 2. The molecule has 12 heavy (non-hydrogen) atoms. The second-order valence-electron chi connectivity index (χ2n) is 2.82. The second kappa shape index (κ2) is 3.94. The van der Waals surface area contributed by atoms with E-state index in [0.29, 0.717) is 18.8 Å². The van der Waals surface area contributed by atoms with E-state index in [0.717, 1.165) is 19.3 Å². The Balaban J connectivity index is 2.71. The first-order chi connectivity index (χ1) is 5.75. The molecule has 0 bridgehead atoms. The fraction of sp³-hybridized carbons (Fsp3) is 0.714. The van der Waals surface area contributed by atoms with Gasteiger partial charge in [0.15, 0.2) is 5.84 Å². The van der Waals surface area contributed by atoms with E-state index in [4.69, 9.17) is 10.9 Å². The molecule has 1 rings (SSSR count). The van der Waals surface area contributed by atoms with Gasteiger partial charge in [0.25, 0.3) is 0 Å². The molecule has 0 aromatic heterocycles. The molecular formula is C7H13N3O2. The van der Waals surface area contributed by atoms with Gasteiger partial charge in [-0.3, -0.25) is 4.90 Å². The highest BCUT2D eigenvalue weighted by Crippen LogP contribution is 2.11. The Morgan fingerprint density at radius 1 is 1.50 bits per heavy atom. The SMILES string of the molecule is NC(=O)N1CCCCC/C1=N\O. The van der Waals surface area contributed by atoms with Crippen molar-refractivity contribution >= 4 is 11.9 Å². The van der Waals surface area contributed by atoms with E-state index >= 15 is 0 Å². The minimum atomic E-state index is -0.537. The summed E-state index contributed by atoms with van der Waals surface area (Å²) in [5, 5.41) is 11.6. The molecule has 3 N–H and O–H groups in total. The van der Waals surface area contributed by atoms with Gasteiger partial charge in [-0.05, 0) is 12.8 Å². The summed E-state index contributed by atoms with van der Waals surface area (Å²) in [5.41, 5.74) is 5.10. The predicted molar refractivity (Wildman–Crippen MR) is 44.0 cm³/mol. The number of hydrogen-bond donors (Lipinski definition) is 2. The summed E-state index contributed by atoms with van der Waals surface area (Å²) in [7, 11) is 0. The number of rotatable bonds is 0. The monoisotopic (exact) mass is 171 g/mol. The van der Waals surface area contributed by atoms with Crippen molar-refractivity contribution in [3.8, 4) is 0 Å². The van der Waals surface area contributed by atoms with Crippen molar-refractivity contribution in [2.24, 2.45) is 10.9 Å². The number of primary amides is 1. The molecule has 2 amide bonds. The summed E-state index contributed by atoms with van der Waals surface area (Å²) >= 11 is 0. The van der Waals surface area contributed by atoms with E-state index in [1.165, 1.54) is 4.90 Å².